The smallest absolute Gasteiger partial charge is 0.344 e. The molecule has 0 saturated carbocycles. The highest BCUT2D eigenvalue weighted by Gasteiger charge is 2.18. The largest absolute Gasteiger partial charge is 0.493 e. The lowest BCUT2D eigenvalue weighted by Crippen LogP contribution is -2.23. The lowest BCUT2D eigenvalue weighted by molar-refractivity contribution is -0.384. The summed E-state index contributed by atoms with van der Waals surface area (Å²) < 4.78 is 10.7. The van der Waals surface area contributed by atoms with Gasteiger partial charge >= 0.3 is 5.97 Å². The molecular weight excluding hydrogens is 340 g/mol. The molecule has 2 rings (SSSR count). The number of aliphatic carboxylic acids is 1. The van der Waals surface area contributed by atoms with Gasteiger partial charge in [-0.25, -0.2) is 4.79 Å². The highest BCUT2D eigenvalue weighted by Crippen LogP contribution is 2.32. The fourth-order valence-corrected chi connectivity index (χ4v) is 2.19. The van der Waals surface area contributed by atoms with Crippen LogP contribution in [0.1, 0.15) is 18.1 Å². The monoisotopic (exact) mass is 358 g/mol. The highest BCUT2D eigenvalue weighted by atomic mass is 16.6. The standard InChI is InChI=1S/C18H18N2O6/c1-11-9-14(20(23)24)7-8-15(11)19-10-13-5-4-6-16(25-3)17(13)26-12(2)18(21)22/h4-10,12H,1-3H3,(H,21,22)/t12-/m0/s1. The molecule has 0 fully saturated rings. The molecule has 2 aromatic carbocycles. The van der Waals surface area contributed by atoms with Gasteiger partial charge in [0.05, 0.1) is 17.7 Å². The molecule has 8 nitrogen and oxygen atoms in total. The number of carboxylic acid groups (broad SMARTS) is 1. The molecule has 0 bridgehead atoms. The van der Waals surface area contributed by atoms with Gasteiger partial charge in [0.25, 0.3) is 5.69 Å². The molecule has 8 heteroatoms. The van der Waals surface area contributed by atoms with Gasteiger partial charge in [0.1, 0.15) is 0 Å². The van der Waals surface area contributed by atoms with Crippen LogP contribution in [0.25, 0.3) is 0 Å². The maximum Gasteiger partial charge on any atom is 0.344 e. The predicted octanol–water partition coefficient (Wildman–Crippen LogP) is 3.51. The Morgan fingerprint density at radius 1 is 1.35 bits per heavy atom. The molecular formula is C18H18N2O6. The average molecular weight is 358 g/mol. The second kappa shape index (κ2) is 8.11. The number of methoxy groups -OCH3 is 1. The molecule has 0 aromatic heterocycles. The lowest BCUT2D eigenvalue weighted by atomic mass is 10.1. The Hall–Kier alpha value is -3.42. The number of hydrogen-bond donors (Lipinski definition) is 1. The molecule has 0 aliphatic rings. The number of carboxylic acids is 1. The summed E-state index contributed by atoms with van der Waals surface area (Å²) in [5.41, 5.74) is 1.70. The van der Waals surface area contributed by atoms with E-state index in [1.165, 1.54) is 32.4 Å². The molecule has 0 unspecified atom stereocenters. The molecule has 0 spiro atoms. The Balaban J connectivity index is 2.38. The van der Waals surface area contributed by atoms with Crippen LogP contribution in [0.2, 0.25) is 0 Å². The Kier molecular flexibility index (Phi) is 5.90. The quantitative estimate of drug-likeness (QED) is 0.460. The number of rotatable bonds is 7. The third-order valence-corrected chi connectivity index (χ3v) is 3.61. The van der Waals surface area contributed by atoms with Gasteiger partial charge in [0.15, 0.2) is 17.6 Å². The first-order valence-electron chi connectivity index (χ1n) is 7.69. The maximum absolute atomic E-state index is 11.1. The summed E-state index contributed by atoms with van der Waals surface area (Å²) in [5.74, 6) is -0.472. The Bertz CT molecular complexity index is 863. The van der Waals surface area contributed by atoms with E-state index in [0.717, 1.165) is 0 Å². The SMILES string of the molecule is COc1cccc(C=Nc2ccc([N+](=O)[O-])cc2C)c1O[C@@H](C)C(=O)O. The first-order valence-corrected chi connectivity index (χ1v) is 7.69. The fourth-order valence-electron chi connectivity index (χ4n) is 2.19. The first kappa shape index (κ1) is 18.9. The van der Waals surface area contributed by atoms with Crippen molar-refractivity contribution in [3.8, 4) is 11.5 Å². The van der Waals surface area contributed by atoms with E-state index in [2.05, 4.69) is 4.99 Å². The summed E-state index contributed by atoms with van der Waals surface area (Å²) in [7, 11) is 1.45. The second-order valence-corrected chi connectivity index (χ2v) is 5.46. The molecule has 0 radical (unpaired) electrons. The number of para-hydroxylation sites is 1. The third kappa shape index (κ3) is 4.35. The molecule has 0 heterocycles. The average Bonchev–Trinajstić information content (AvgIpc) is 2.61. The van der Waals surface area contributed by atoms with Gasteiger partial charge in [-0.2, -0.15) is 0 Å². The number of ether oxygens (including phenoxy) is 2. The van der Waals surface area contributed by atoms with E-state index in [1.54, 1.807) is 31.2 Å². The molecule has 0 amide bonds. The van der Waals surface area contributed by atoms with Crippen LogP contribution in [0.4, 0.5) is 11.4 Å². The van der Waals surface area contributed by atoms with Crippen LogP contribution in [0.15, 0.2) is 41.4 Å². The Morgan fingerprint density at radius 2 is 2.08 bits per heavy atom. The molecule has 1 N–H and O–H groups in total. The summed E-state index contributed by atoms with van der Waals surface area (Å²) in [6.07, 6.45) is 0.431. The van der Waals surface area contributed by atoms with Crippen molar-refractivity contribution in [1.82, 2.24) is 0 Å². The molecule has 2 aromatic rings. The number of carbonyl (C=O) groups is 1. The van der Waals surface area contributed by atoms with E-state index in [1.807, 2.05) is 0 Å². The summed E-state index contributed by atoms with van der Waals surface area (Å²) in [4.78, 5) is 25.7. The zero-order valence-corrected chi connectivity index (χ0v) is 14.5. The summed E-state index contributed by atoms with van der Waals surface area (Å²) in [6, 6.07) is 9.43. The number of aryl methyl sites for hydroxylation is 1. The van der Waals surface area contributed by atoms with Gasteiger partial charge in [-0.05, 0) is 37.6 Å². The van der Waals surface area contributed by atoms with E-state index in [0.29, 0.717) is 22.6 Å². The third-order valence-electron chi connectivity index (χ3n) is 3.61. The van der Waals surface area contributed by atoms with Crippen LogP contribution < -0.4 is 9.47 Å². The molecule has 0 aliphatic heterocycles. The van der Waals surface area contributed by atoms with E-state index in [9.17, 15) is 14.9 Å². The highest BCUT2D eigenvalue weighted by molar-refractivity contribution is 5.87. The number of nitro benzene ring substituents is 1. The van der Waals surface area contributed by atoms with Crippen molar-refractivity contribution in [2.45, 2.75) is 20.0 Å². The minimum atomic E-state index is -1.11. The van der Waals surface area contributed by atoms with Crippen LogP contribution in [-0.4, -0.2) is 35.4 Å². The van der Waals surface area contributed by atoms with Crippen molar-refractivity contribution in [3.63, 3.8) is 0 Å². The van der Waals surface area contributed by atoms with Gasteiger partial charge in [-0.15, -0.1) is 0 Å². The van der Waals surface area contributed by atoms with Crippen LogP contribution in [0, 0.1) is 17.0 Å². The van der Waals surface area contributed by atoms with E-state index >= 15 is 0 Å². The van der Waals surface area contributed by atoms with Crippen LogP contribution >= 0.6 is 0 Å². The van der Waals surface area contributed by atoms with Gasteiger partial charge in [-0.1, -0.05) is 6.07 Å². The number of nitrogens with zero attached hydrogens (tertiary/aromatic N) is 2. The minimum absolute atomic E-state index is 0.0119. The van der Waals surface area contributed by atoms with Crippen molar-refractivity contribution in [1.29, 1.82) is 0 Å². The van der Waals surface area contributed by atoms with Gasteiger partial charge in [0.2, 0.25) is 0 Å². The number of aliphatic imine (C=N–C) groups is 1. The molecule has 26 heavy (non-hydrogen) atoms. The number of non-ortho nitro benzene ring substituents is 1. The summed E-state index contributed by atoms with van der Waals surface area (Å²) >= 11 is 0. The maximum atomic E-state index is 11.1. The summed E-state index contributed by atoms with van der Waals surface area (Å²) in [6.45, 7) is 3.13. The van der Waals surface area contributed by atoms with Crippen molar-refractivity contribution in [3.05, 3.63) is 57.6 Å². The zero-order valence-electron chi connectivity index (χ0n) is 14.5. The molecule has 0 aliphatic carbocycles. The van der Waals surface area contributed by atoms with E-state index in [-0.39, 0.29) is 11.4 Å². The number of hydrogen-bond acceptors (Lipinski definition) is 6. The number of nitro groups is 1. The Labute approximate surface area is 149 Å². The number of benzene rings is 2. The fraction of sp³-hybridized carbons (Fsp3) is 0.222. The van der Waals surface area contributed by atoms with E-state index in [4.69, 9.17) is 14.6 Å². The van der Waals surface area contributed by atoms with Gasteiger partial charge in [0, 0.05) is 23.9 Å². The van der Waals surface area contributed by atoms with Crippen molar-refractivity contribution in [2.24, 2.45) is 4.99 Å². The first-order chi connectivity index (χ1) is 12.3. The molecule has 1 atom stereocenters. The molecule has 136 valence electrons. The van der Waals surface area contributed by atoms with Crippen molar-refractivity contribution >= 4 is 23.6 Å². The topological polar surface area (TPSA) is 111 Å². The van der Waals surface area contributed by atoms with Crippen LogP contribution in [0.3, 0.4) is 0 Å². The Morgan fingerprint density at radius 3 is 2.65 bits per heavy atom. The zero-order chi connectivity index (χ0) is 19.3. The van der Waals surface area contributed by atoms with Gasteiger partial charge < -0.3 is 14.6 Å². The van der Waals surface area contributed by atoms with Gasteiger partial charge in [-0.3, -0.25) is 15.1 Å². The predicted molar refractivity (Wildman–Crippen MR) is 95.8 cm³/mol. The van der Waals surface area contributed by atoms with Crippen LogP contribution in [0.5, 0.6) is 11.5 Å². The minimum Gasteiger partial charge on any atom is -0.493 e. The molecule has 0 saturated heterocycles. The van der Waals surface area contributed by atoms with Crippen molar-refractivity contribution < 1.29 is 24.3 Å². The summed E-state index contributed by atoms with van der Waals surface area (Å²) in [5, 5.41) is 19.9. The normalized spacial score (nSPS) is 12.0. The second-order valence-electron chi connectivity index (χ2n) is 5.46. The van der Waals surface area contributed by atoms with Crippen LogP contribution in [-0.2, 0) is 4.79 Å². The van der Waals surface area contributed by atoms with E-state index < -0.39 is 17.0 Å². The lowest BCUT2D eigenvalue weighted by Gasteiger charge is -2.15. The van der Waals surface area contributed by atoms with Crippen molar-refractivity contribution in [2.75, 3.05) is 7.11 Å².